The van der Waals surface area contributed by atoms with Gasteiger partial charge >= 0.3 is 0 Å². The van der Waals surface area contributed by atoms with E-state index < -0.39 is 11.8 Å². The summed E-state index contributed by atoms with van der Waals surface area (Å²) in [5.74, 6) is 0.480. The molecule has 1 heterocycles. The van der Waals surface area contributed by atoms with Crippen molar-refractivity contribution < 1.29 is 13.9 Å². The molecule has 2 aromatic carbocycles. The van der Waals surface area contributed by atoms with E-state index in [0.29, 0.717) is 13.0 Å². The SMILES string of the molecule is CN=C(NCC(Cc1ccc(F)cc1)C(N)=O)N1CCN(c2cccc(OC)c2)CC1. The molecule has 1 aliphatic heterocycles. The van der Waals surface area contributed by atoms with Crippen LogP contribution in [0.1, 0.15) is 5.56 Å². The number of rotatable bonds is 7. The van der Waals surface area contributed by atoms with Gasteiger partial charge in [0.25, 0.3) is 0 Å². The predicted octanol–water partition coefficient (Wildman–Crippen LogP) is 1.88. The summed E-state index contributed by atoms with van der Waals surface area (Å²) in [5.41, 5.74) is 7.61. The number of halogens is 1. The van der Waals surface area contributed by atoms with Crippen LogP contribution in [0.4, 0.5) is 10.1 Å². The first-order valence-electron chi connectivity index (χ1n) is 10.4. The second-order valence-corrected chi connectivity index (χ2v) is 7.53. The van der Waals surface area contributed by atoms with Gasteiger partial charge in [-0.2, -0.15) is 0 Å². The van der Waals surface area contributed by atoms with Crippen molar-refractivity contribution in [1.29, 1.82) is 0 Å². The van der Waals surface area contributed by atoms with E-state index in [-0.39, 0.29) is 5.82 Å². The number of nitrogens with zero attached hydrogens (tertiary/aromatic N) is 3. The fourth-order valence-corrected chi connectivity index (χ4v) is 3.71. The molecule has 1 fully saturated rings. The smallest absolute Gasteiger partial charge is 0.222 e. The molecule has 8 heteroatoms. The minimum absolute atomic E-state index is 0.300. The minimum atomic E-state index is -0.416. The van der Waals surface area contributed by atoms with Gasteiger partial charge in [-0.15, -0.1) is 0 Å². The van der Waals surface area contributed by atoms with Crippen molar-refractivity contribution in [3.8, 4) is 5.75 Å². The van der Waals surface area contributed by atoms with Gasteiger partial charge in [0.2, 0.25) is 5.91 Å². The zero-order chi connectivity index (χ0) is 22.2. The summed E-state index contributed by atoms with van der Waals surface area (Å²) in [6, 6.07) is 14.2. The second kappa shape index (κ2) is 10.7. The van der Waals surface area contributed by atoms with E-state index in [2.05, 4.69) is 26.2 Å². The molecule has 3 rings (SSSR count). The van der Waals surface area contributed by atoms with Gasteiger partial charge in [-0.3, -0.25) is 9.79 Å². The van der Waals surface area contributed by atoms with Gasteiger partial charge in [0.05, 0.1) is 13.0 Å². The lowest BCUT2D eigenvalue weighted by Gasteiger charge is -2.38. The number of nitrogens with one attached hydrogen (secondary N) is 1. The highest BCUT2D eigenvalue weighted by Gasteiger charge is 2.22. The maximum absolute atomic E-state index is 13.1. The van der Waals surface area contributed by atoms with Crippen LogP contribution in [0, 0.1) is 11.7 Å². The van der Waals surface area contributed by atoms with Crippen molar-refractivity contribution in [2.75, 3.05) is 51.8 Å². The van der Waals surface area contributed by atoms with Crippen LogP contribution in [0.15, 0.2) is 53.5 Å². The predicted molar refractivity (Wildman–Crippen MR) is 121 cm³/mol. The van der Waals surface area contributed by atoms with Crippen molar-refractivity contribution in [2.45, 2.75) is 6.42 Å². The standard InChI is InChI=1S/C23H30FN5O2/c1-26-23(27-16-18(22(25)30)14-17-6-8-19(24)9-7-17)29-12-10-28(11-13-29)20-4-3-5-21(15-20)31-2/h3-9,15,18H,10-14,16H2,1-2H3,(H2,25,30)(H,26,27). The first-order chi connectivity index (χ1) is 15.0. The summed E-state index contributed by atoms with van der Waals surface area (Å²) < 4.78 is 18.4. The number of nitrogens with two attached hydrogens (primary N) is 1. The van der Waals surface area contributed by atoms with Crippen LogP contribution in [-0.2, 0) is 11.2 Å². The molecule has 0 aromatic heterocycles. The molecule has 0 radical (unpaired) electrons. The van der Waals surface area contributed by atoms with Crippen LogP contribution in [0.25, 0.3) is 0 Å². The van der Waals surface area contributed by atoms with Crippen molar-refractivity contribution in [1.82, 2.24) is 10.2 Å². The van der Waals surface area contributed by atoms with Crippen molar-refractivity contribution in [2.24, 2.45) is 16.6 Å². The number of aliphatic imine (C=N–C) groups is 1. The summed E-state index contributed by atoms with van der Waals surface area (Å²) in [4.78, 5) is 20.8. The van der Waals surface area contributed by atoms with Gasteiger partial charge in [0.15, 0.2) is 5.96 Å². The number of amides is 1. The number of hydrogen-bond donors (Lipinski definition) is 2. The molecule has 31 heavy (non-hydrogen) atoms. The van der Waals surface area contributed by atoms with Crippen LogP contribution in [0.3, 0.4) is 0 Å². The molecular formula is C23H30FN5O2. The number of piperazine rings is 1. The summed E-state index contributed by atoms with van der Waals surface area (Å²) in [5, 5.41) is 3.29. The number of benzene rings is 2. The number of carbonyl (C=O) groups excluding carboxylic acids is 1. The molecule has 0 spiro atoms. The first kappa shape index (κ1) is 22.4. The Labute approximate surface area is 182 Å². The molecule has 7 nitrogen and oxygen atoms in total. The summed E-state index contributed by atoms with van der Waals surface area (Å²) in [6.45, 7) is 3.67. The summed E-state index contributed by atoms with van der Waals surface area (Å²) >= 11 is 0. The number of methoxy groups -OCH3 is 1. The molecule has 2 aromatic rings. The Morgan fingerprint density at radius 3 is 2.52 bits per heavy atom. The van der Waals surface area contributed by atoms with Crippen molar-refractivity contribution in [3.63, 3.8) is 0 Å². The highest BCUT2D eigenvalue weighted by atomic mass is 19.1. The van der Waals surface area contributed by atoms with E-state index >= 15 is 0 Å². The maximum Gasteiger partial charge on any atom is 0.222 e. The van der Waals surface area contributed by atoms with Crippen LogP contribution in [0.5, 0.6) is 5.75 Å². The van der Waals surface area contributed by atoms with Crippen molar-refractivity contribution in [3.05, 3.63) is 59.9 Å². The number of carbonyl (C=O) groups is 1. The fourth-order valence-electron chi connectivity index (χ4n) is 3.71. The van der Waals surface area contributed by atoms with E-state index in [1.54, 1.807) is 26.3 Å². The Morgan fingerprint density at radius 2 is 1.90 bits per heavy atom. The van der Waals surface area contributed by atoms with E-state index in [1.165, 1.54) is 12.1 Å². The number of primary amides is 1. The van der Waals surface area contributed by atoms with Gasteiger partial charge in [-0.25, -0.2) is 4.39 Å². The Bertz CT molecular complexity index is 895. The van der Waals surface area contributed by atoms with Crippen LogP contribution in [-0.4, -0.2) is 63.6 Å². The molecule has 1 unspecified atom stereocenters. The van der Waals surface area contributed by atoms with Gasteiger partial charge in [0, 0.05) is 51.5 Å². The molecule has 1 atom stereocenters. The lowest BCUT2D eigenvalue weighted by molar-refractivity contribution is -0.121. The Morgan fingerprint density at radius 1 is 1.19 bits per heavy atom. The fraction of sp³-hybridized carbons (Fsp3) is 0.391. The van der Waals surface area contributed by atoms with E-state index in [1.807, 2.05) is 18.2 Å². The van der Waals surface area contributed by atoms with Crippen LogP contribution in [0.2, 0.25) is 0 Å². The summed E-state index contributed by atoms with van der Waals surface area (Å²) in [7, 11) is 3.40. The summed E-state index contributed by atoms with van der Waals surface area (Å²) in [6.07, 6.45) is 0.448. The number of anilines is 1. The highest BCUT2D eigenvalue weighted by Crippen LogP contribution is 2.22. The minimum Gasteiger partial charge on any atom is -0.497 e. The normalized spacial score (nSPS) is 15.5. The van der Waals surface area contributed by atoms with E-state index in [4.69, 9.17) is 10.5 Å². The number of hydrogen-bond acceptors (Lipinski definition) is 4. The molecule has 166 valence electrons. The van der Waals surface area contributed by atoms with Gasteiger partial charge in [-0.1, -0.05) is 18.2 Å². The monoisotopic (exact) mass is 427 g/mol. The third-order valence-electron chi connectivity index (χ3n) is 5.51. The van der Waals surface area contributed by atoms with Gasteiger partial charge in [0.1, 0.15) is 11.6 Å². The van der Waals surface area contributed by atoms with Crippen LogP contribution >= 0.6 is 0 Å². The number of ether oxygens (including phenoxy) is 1. The van der Waals surface area contributed by atoms with Crippen molar-refractivity contribution >= 4 is 17.6 Å². The van der Waals surface area contributed by atoms with E-state index in [9.17, 15) is 9.18 Å². The Kier molecular flexibility index (Phi) is 7.70. The van der Waals surface area contributed by atoms with E-state index in [0.717, 1.165) is 49.1 Å². The lowest BCUT2D eigenvalue weighted by Crippen LogP contribution is -2.53. The third-order valence-corrected chi connectivity index (χ3v) is 5.51. The average Bonchev–Trinajstić information content (AvgIpc) is 2.80. The largest absolute Gasteiger partial charge is 0.497 e. The van der Waals surface area contributed by atoms with Gasteiger partial charge in [-0.05, 0) is 36.2 Å². The average molecular weight is 428 g/mol. The molecular weight excluding hydrogens is 397 g/mol. The zero-order valence-corrected chi connectivity index (χ0v) is 18.1. The topological polar surface area (TPSA) is 83.2 Å². The molecule has 1 amide bonds. The Balaban J connectivity index is 1.54. The molecule has 0 bridgehead atoms. The third kappa shape index (κ3) is 6.10. The lowest BCUT2D eigenvalue weighted by atomic mass is 9.98. The maximum atomic E-state index is 13.1. The Hall–Kier alpha value is -3.29. The molecule has 3 N–H and O–H groups in total. The van der Waals surface area contributed by atoms with Gasteiger partial charge < -0.3 is 25.6 Å². The number of guanidine groups is 1. The molecule has 0 aliphatic carbocycles. The quantitative estimate of drug-likeness (QED) is 0.521. The molecule has 1 aliphatic rings. The van der Waals surface area contributed by atoms with Crippen LogP contribution < -0.4 is 20.7 Å². The molecule has 1 saturated heterocycles. The molecule has 0 saturated carbocycles. The second-order valence-electron chi connectivity index (χ2n) is 7.53. The first-order valence-corrected chi connectivity index (χ1v) is 10.4. The highest BCUT2D eigenvalue weighted by molar-refractivity contribution is 5.82. The zero-order valence-electron chi connectivity index (χ0n) is 18.1.